The van der Waals surface area contributed by atoms with Gasteiger partial charge in [-0.3, -0.25) is 9.89 Å². The summed E-state index contributed by atoms with van der Waals surface area (Å²) >= 11 is 0. The summed E-state index contributed by atoms with van der Waals surface area (Å²) in [6.45, 7) is 3.45. The van der Waals surface area contributed by atoms with Crippen molar-refractivity contribution in [1.29, 1.82) is 0 Å². The minimum absolute atomic E-state index is 0.0848. The van der Waals surface area contributed by atoms with Gasteiger partial charge in [-0.2, -0.15) is 0 Å². The highest BCUT2D eigenvalue weighted by Crippen LogP contribution is 2.38. The number of para-hydroxylation sites is 1. The molecule has 0 aliphatic carbocycles. The number of H-pyrrole nitrogens is 1. The molecule has 3 aromatic carbocycles. The number of nitrogens with zero attached hydrogens (tertiary/aromatic N) is 3. The average Bonchev–Trinajstić information content (AvgIpc) is 3.11. The second kappa shape index (κ2) is 9.16. The molecule has 0 fully saturated rings. The number of aromatic amines is 1. The number of carboxylic acids is 1. The number of aliphatic hydroxyl groups is 1. The normalized spacial score (nSPS) is 11.3. The van der Waals surface area contributed by atoms with E-state index >= 15 is 0 Å². The highest BCUT2D eigenvalue weighted by molar-refractivity contribution is 5.90. The number of azo groups is 1. The molecule has 0 atom stereocenters. The molecule has 0 saturated carbocycles. The van der Waals surface area contributed by atoms with Crippen molar-refractivity contribution in [1.82, 2.24) is 9.78 Å². The lowest BCUT2D eigenvalue weighted by atomic mass is 10.0. The number of phenolic OH excluding ortho intramolecular Hbond substituents is 1. The van der Waals surface area contributed by atoms with Crippen LogP contribution in [0.4, 0.5) is 11.4 Å². The fourth-order valence-electron chi connectivity index (χ4n) is 3.60. The van der Waals surface area contributed by atoms with Gasteiger partial charge in [0.1, 0.15) is 5.69 Å². The summed E-state index contributed by atoms with van der Waals surface area (Å²) in [7, 11) is 0. The Bertz CT molecular complexity index is 1480. The summed E-state index contributed by atoms with van der Waals surface area (Å²) in [4.78, 5) is 24.2. The van der Waals surface area contributed by atoms with Crippen LogP contribution in [0.1, 0.15) is 27.2 Å². The highest BCUT2D eigenvalue weighted by atomic mass is 16.4. The average molecular weight is 458 g/mol. The van der Waals surface area contributed by atoms with Crippen LogP contribution in [0.15, 0.2) is 75.7 Å². The number of hydrogen-bond donors (Lipinski definition) is 4. The highest BCUT2D eigenvalue weighted by Gasteiger charge is 2.15. The molecule has 0 aliphatic rings. The Morgan fingerprint density at radius 3 is 2.50 bits per heavy atom. The van der Waals surface area contributed by atoms with Crippen molar-refractivity contribution in [2.45, 2.75) is 20.5 Å². The van der Waals surface area contributed by atoms with E-state index in [1.54, 1.807) is 55.5 Å². The summed E-state index contributed by atoms with van der Waals surface area (Å²) in [5.74, 6) is -1.25. The summed E-state index contributed by atoms with van der Waals surface area (Å²) in [6.07, 6.45) is 0. The van der Waals surface area contributed by atoms with Crippen molar-refractivity contribution in [3.63, 3.8) is 0 Å². The van der Waals surface area contributed by atoms with Gasteiger partial charge in [-0.1, -0.05) is 30.3 Å². The van der Waals surface area contributed by atoms with Gasteiger partial charge in [0, 0.05) is 5.56 Å². The van der Waals surface area contributed by atoms with E-state index in [1.807, 2.05) is 6.92 Å². The lowest BCUT2D eigenvalue weighted by Gasteiger charge is -2.07. The maximum atomic E-state index is 13.0. The van der Waals surface area contributed by atoms with Gasteiger partial charge in [0.15, 0.2) is 11.4 Å². The zero-order valence-electron chi connectivity index (χ0n) is 18.5. The van der Waals surface area contributed by atoms with Gasteiger partial charge in [-0.15, -0.1) is 10.2 Å². The zero-order chi connectivity index (χ0) is 24.4. The van der Waals surface area contributed by atoms with E-state index in [4.69, 9.17) is 0 Å². The monoisotopic (exact) mass is 458 g/mol. The van der Waals surface area contributed by atoms with Crippen LogP contribution in [0.25, 0.3) is 16.8 Å². The molecular weight excluding hydrogens is 436 g/mol. The predicted octanol–water partition coefficient (Wildman–Crippen LogP) is 4.76. The van der Waals surface area contributed by atoms with Gasteiger partial charge in [0.25, 0.3) is 5.56 Å². The van der Waals surface area contributed by atoms with E-state index in [0.717, 1.165) is 11.1 Å². The molecule has 172 valence electrons. The van der Waals surface area contributed by atoms with Gasteiger partial charge in [0.2, 0.25) is 0 Å². The third kappa shape index (κ3) is 4.24. The van der Waals surface area contributed by atoms with Crippen molar-refractivity contribution < 1.29 is 20.1 Å². The first kappa shape index (κ1) is 22.7. The van der Waals surface area contributed by atoms with E-state index in [-0.39, 0.29) is 29.3 Å². The number of rotatable bonds is 6. The number of aliphatic hydroxyl groups excluding tert-OH is 1. The van der Waals surface area contributed by atoms with E-state index in [0.29, 0.717) is 22.5 Å². The number of carbonyl (C=O) groups is 1. The Morgan fingerprint density at radius 1 is 1.03 bits per heavy atom. The molecule has 0 bridgehead atoms. The number of aromatic hydroxyl groups is 1. The molecule has 0 spiro atoms. The molecule has 4 rings (SSSR count). The minimum Gasteiger partial charge on any atom is -0.505 e. The quantitative estimate of drug-likeness (QED) is 0.308. The Labute approximate surface area is 194 Å². The first-order valence-corrected chi connectivity index (χ1v) is 10.4. The number of hydrogen-bond acceptors (Lipinski definition) is 6. The van der Waals surface area contributed by atoms with Crippen LogP contribution >= 0.6 is 0 Å². The Balaban J connectivity index is 1.70. The van der Waals surface area contributed by atoms with Gasteiger partial charge < -0.3 is 15.3 Å². The summed E-state index contributed by atoms with van der Waals surface area (Å²) in [5.41, 5.74) is 3.49. The number of aromatic nitrogens is 2. The largest absolute Gasteiger partial charge is 0.505 e. The van der Waals surface area contributed by atoms with E-state index in [9.17, 15) is 24.9 Å². The van der Waals surface area contributed by atoms with Gasteiger partial charge in [-0.25, -0.2) is 9.48 Å². The third-order valence-electron chi connectivity index (χ3n) is 5.49. The summed E-state index contributed by atoms with van der Waals surface area (Å²) < 4.78 is 1.34. The zero-order valence-corrected chi connectivity index (χ0v) is 18.5. The molecular formula is C25H22N4O5. The van der Waals surface area contributed by atoms with Crippen molar-refractivity contribution in [3.05, 3.63) is 93.4 Å². The van der Waals surface area contributed by atoms with Gasteiger partial charge >= 0.3 is 5.97 Å². The first-order valence-electron chi connectivity index (χ1n) is 10.4. The van der Waals surface area contributed by atoms with Gasteiger partial charge in [-0.05, 0) is 60.9 Å². The fraction of sp³-hybridized carbons (Fsp3) is 0.120. The first-order chi connectivity index (χ1) is 16.3. The molecule has 1 heterocycles. The Morgan fingerprint density at radius 2 is 1.79 bits per heavy atom. The standard InChI is InChI=1S/C25H22N4O5/c1-14-11-19(10-9-18(14)13-30)29-24(32)22(15(2)28-29)27-26-21-8-4-7-20(23(21)31)16-5-3-6-17(12-16)25(33)34/h3-12,28,30-31H,13H2,1-2H3,(H,33,34). The number of carboxylic acid groups (broad SMARTS) is 1. The SMILES string of the molecule is Cc1cc(-n2[nH]c(C)c(N=Nc3cccc(-c4cccc(C(=O)O)c4)c3O)c2=O)ccc1CO. The van der Waals surface area contributed by atoms with Crippen LogP contribution < -0.4 is 5.56 Å². The molecule has 4 aromatic rings. The van der Waals surface area contributed by atoms with Crippen LogP contribution in [0, 0.1) is 13.8 Å². The molecule has 0 radical (unpaired) electrons. The Kier molecular flexibility index (Phi) is 6.11. The topological polar surface area (TPSA) is 140 Å². The Hall–Kier alpha value is -4.50. The number of phenols is 1. The number of aryl methyl sites for hydroxylation is 2. The van der Waals surface area contributed by atoms with E-state index in [1.165, 1.54) is 16.8 Å². The molecule has 0 amide bonds. The third-order valence-corrected chi connectivity index (χ3v) is 5.49. The lowest BCUT2D eigenvalue weighted by molar-refractivity contribution is 0.0697. The molecule has 0 saturated heterocycles. The molecule has 0 unspecified atom stereocenters. The van der Waals surface area contributed by atoms with Crippen molar-refractivity contribution in [2.75, 3.05) is 0 Å². The minimum atomic E-state index is -1.07. The van der Waals surface area contributed by atoms with Gasteiger partial charge in [0.05, 0.1) is 23.6 Å². The molecule has 1 aromatic heterocycles. The molecule has 9 heteroatoms. The van der Waals surface area contributed by atoms with Crippen LogP contribution in [0.3, 0.4) is 0 Å². The number of aromatic carboxylic acids is 1. The smallest absolute Gasteiger partial charge is 0.335 e. The van der Waals surface area contributed by atoms with E-state index < -0.39 is 11.5 Å². The van der Waals surface area contributed by atoms with Crippen LogP contribution in [-0.4, -0.2) is 31.1 Å². The lowest BCUT2D eigenvalue weighted by Crippen LogP contribution is -2.14. The van der Waals surface area contributed by atoms with E-state index in [2.05, 4.69) is 15.3 Å². The van der Waals surface area contributed by atoms with Crippen molar-refractivity contribution >= 4 is 17.3 Å². The fourth-order valence-corrected chi connectivity index (χ4v) is 3.60. The maximum Gasteiger partial charge on any atom is 0.335 e. The van der Waals surface area contributed by atoms with Crippen LogP contribution in [0.2, 0.25) is 0 Å². The molecule has 0 aliphatic heterocycles. The van der Waals surface area contributed by atoms with Crippen molar-refractivity contribution in [2.24, 2.45) is 10.2 Å². The number of benzene rings is 3. The molecule has 9 nitrogen and oxygen atoms in total. The van der Waals surface area contributed by atoms with Crippen LogP contribution in [-0.2, 0) is 6.61 Å². The second-order valence-corrected chi connectivity index (χ2v) is 7.75. The maximum absolute atomic E-state index is 13.0. The molecule has 34 heavy (non-hydrogen) atoms. The molecule has 4 N–H and O–H groups in total. The summed E-state index contributed by atoms with van der Waals surface area (Å²) in [5, 5.41) is 40.5. The second-order valence-electron chi connectivity index (χ2n) is 7.75. The summed E-state index contributed by atoms with van der Waals surface area (Å²) in [6, 6.07) is 16.3. The predicted molar refractivity (Wildman–Crippen MR) is 126 cm³/mol. The van der Waals surface area contributed by atoms with Crippen molar-refractivity contribution in [3.8, 4) is 22.6 Å². The number of nitrogens with one attached hydrogen (secondary N) is 1. The van der Waals surface area contributed by atoms with Crippen LogP contribution in [0.5, 0.6) is 5.75 Å².